The van der Waals surface area contributed by atoms with Gasteiger partial charge in [0.15, 0.2) is 0 Å². The van der Waals surface area contributed by atoms with Crippen LogP contribution in [0.3, 0.4) is 0 Å². The van der Waals surface area contributed by atoms with Crippen molar-refractivity contribution < 1.29 is 22.7 Å². The molecule has 0 bridgehead atoms. The molecule has 2 fully saturated rings. The molecule has 2 N–H and O–H groups in total. The summed E-state index contributed by atoms with van der Waals surface area (Å²) in [7, 11) is 0. The zero-order valence-electron chi connectivity index (χ0n) is 11.9. The Hall–Kier alpha value is -0.860. The summed E-state index contributed by atoms with van der Waals surface area (Å²) in [5.41, 5.74) is 0. The first-order valence-electron chi connectivity index (χ1n) is 7.36. The molecule has 8 heteroatoms. The highest BCUT2D eigenvalue weighted by molar-refractivity contribution is 5.76. The average Bonchev–Trinajstić information content (AvgIpc) is 2.91. The first-order chi connectivity index (χ1) is 9.97. The van der Waals surface area contributed by atoms with Crippen molar-refractivity contribution in [1.82, 2.24) is 15.5 Å². The Morgan fingerprint density at radius 3 is 2.67 bits per heavy atom. The number of rotatable bonds is 5. The van der Waals surface area contributed by atoms with E-state index in [4.69, 9.17) is 4.74 Å². The van der Waals surface area contributed by atoms with Crippen LogP contribution in [0.15, 0.2) is 0 Å². The maximum absolute atomic E-state index is 13.1. The number of ether oxygens (including phenoxy) is 1. The highest BCUT2D eigenvalue weighted by atomic mass is 19.4. The van der Waals surface area contributed by atoms with Gasteiger partial charge in [-0.05, 0) is 12.8 Å². The van der Waals surface area contributed by atoms with Gasteiger partial charge in [0.25, 0.3) is 0 Å². The molecule has 1 amide bonds. The molecule has 5 nitrogen and oxygen atoms in total. The molecule has 0 aromatic carbocycles. The number of halogens is 3. The molecular weight excluding hydrogens is 287 g/mol. The second-order valence-corrected chi connectivity index (χ2v) is 5.49. The molecule has 2 aliphatic rings. The fourth-order valence-electron chi connectivity index (χ4n) is 2.74. The van der Waals surface area contributed by atoms with Gasteiger partial charge in [-0.3, -0.25) is 9.69 Å². The summed E-state index contributed by atoms with van der Waals surface area (Å²) in [6.07, 6.45) is -2.63. The zero-order valence-corrected chi connectivity index (χ0v) is 11.9. The largest absolute Gasteiger partial charge is 0.405 e. The maximum atomic E-state index is 13.1. The summed E-state index contributed by atoms with van der Waals surface area (Å²) in [5.74, 6) is -0.369. The maximum Gasteiger partial charge on any atom is 0.405 e. The van der Waals surface area contributed by atoms with E-state index >= 15 is 0 Å². The number of hydrogen-bond donors (Lipinski definition) is 2. The third-order valence-corrected chi connectivity index (χ3v) is 3.90. The molecule has 2 atom stereocenters. The topological polar surface area (TPSA) is 53.6 Å². The molecule has 2 saturated heterocycles. The van der Waals surface area contributed by atoms with Crippen LogP contribution in [0, 0.1) is 0 Å². The van der Waals surface area contributed by atoms with Crippen LogP contribution in [0.2, 0.25) is 0 Å². The van der Waals surface area contributed by atoms with Crippen molar-refractivity contribution in [3.05, 3.63) is 0 Å². The number of carbonyl (C=O) groups excluding carboxylic acids is 1. The van der Waals surface area contributed by atoms with Crippen LogP contribution in [-0.4, -0.2) is 68.5 Å². The van der Waals surface area contributed by atoms with Crippen LogP contribution >= 0.6 is 0 Å². The standard InChI is InChI=1S/C13H22F3N3O2/c14-13(15,16)11(19-5-3-17-4-6-19)9-18-12(20)8-10-2-1-7-21-10/h10-11,17H,1-9H2,(H,18,20). The summed E-state index contributed by atoms with van der Waals surface area (Å²) < 4.78 is 44.7. The van der Waals surface area contributed by atoms with Crippen LogP contribution in [0.1, 0.15) is 19.3 Å². The van der Waals surface area contributed by atoms with E-state index in [2.05, 4.69) is 10.6 Å². The molecule has 2 unspecified atom stereocenters. The number of hydrogen-bond acceptors (Lipinski definition) is 4. The Bertz CT molecular complexity index is 340. The first kappa shape index (κ1) is 16.5. The monoisotopic (exact) mass is 309 g/mol. The molecule has 2 rings (SSSR count). The number of piperazine rings is 1. The molecule has 0 aromatic rings. The van der Waals surface area contributed by atoms with Gasteiger partial charge < -0.3 is 15.4 Å². The second-order valence-electron chi connectivity index (χ2n) is 5.49. The molecule has 122 valence electrons. The van der Waals surface area contributed by atoms with E-state index in [1.165, 1.54) is 4.90 Å². The highest BCUT2D eigenvalue weighted by Gasteiger charge is 2.43. The Balaban J connectivity index is 1.81. The summed E-state index contributed by atoms with van der Waals surface area (Å²) in [4.78, 5) is 13.1. The van der Waals surface area contributed by atoms with Gasteiger partial charge in [0.2, 0.25) is 5.91 Å². The quantitative estimate of drug-likeness (QED) is 0.777. The smallest absolute Gasteiger partial charge is 0.378 e. The number of alkyl halides is 3. The van der Waals surface area contributed by atoms with Crippen LogP contribution in [0.25, 0.3) is 0 Å². The first-order valence-corrected chi connectivity index (χ1v) is 7.36. The lowest BCUT2D eigenvalue weighted by atomic mass is 10.1. The Morgan fingerprint density at radius 2 is 2.10 bits per heavy atom. The van der Waals surface area contributed by atoms with Crippen molar-refractivity contribution in [2.45, 2.75) is 37.6 Å². The minimum atomic E-state index is -4.34. The Morgan fingerprint density at radius 1 is 1.38 bits per heavy atom. The molecule has 21 heavy (non-hydrogen) atoms. The van der Waals surface area contributed by atoms with Gasteiger partial charge in [0.05, 0.1) is 12.5 Å². The Kier molecular flexibility index (Phi) is 5.83. The molecular formula is C13H22F3N3O2. The summed E-state index contributed by atoms with van der Waals surface area (Å²) >= 11 is 0. The lowest BCUT2D eigenvalue weighted by molar-refractivity contribution is -0.184. The van der Waals surface area contributed by atoms with Crippen LogP contribution in [0.5, 0.6) is 0 Å². The van der Waals surface area contributed by atoms with Gasteiger partial charge in [-0.2, -0.15) is 13.2 Å². The van der Waals surface area contributed by atoms with Crippen molar-refractivity contribution in [3.8, 4) is 0 Å². The van der Waals surface area contributed by atoms with Crippen LogP contribution in [-0.2, 0) is 9.53 Å². The van der Waals surface area contributed by atoms with Crippen molar-refractivity contribution >= 4 is 5.91 Å². The third-order valence-electron chi connectivity index (χ3n) is 3.90. The number of carbonyl (C=O) groups is 1. The zero-order chi connectivity index (χ0) is 15.3. The number of amides is 1. The van der Waals surface area contributed by atoms with E-state index in [9.17, 15) is 18.0 Å². The molecule has 0 spiro atoms. The summed E-state index contributed by atoms with van der Waals surface area (Å²) in [6, 6.07) is -1.62. The summed E-state index contributed by atoms with van der Waals surface area (Å²) in [5, 5.41) is 5.43. The molecule has 0 saturated carbocycles. The van der Waals surface area contributed by atoms with Gasteiger partial charge >= 0.3 is 6.18 Å². The van der Waals surface area contributed by atoms with E-state index in [1.54, 1.807) is 0 Å². The minimum Gasteiger partial charge on any atom is -0.378 e. The predicted molar refractivity (Wildman–Crippen MR) is 70.9 cm³/mol. The second kappa shape index (κ2) is 7.42. The van der Waals surface area contributed by atoms with Gasteiger partial charge in [0.1, 0.15) is 6.04 Å². The van der Waals surface area contributed by atoms with E-state index in [0.29, 0.717) is 32.8 Å². The lowest BCUT2D eigenvalue weighted by Crippen LogP contribution is -2.57. The normalized spacial score (nSPS) is 25.8. The van der Waals surface area contributed by atoms with Crippen LogP contribution < -0.4 is 10.6 Å². The molecule has 2 heterocycles. The van der Waals surface area contributed by atoms with E-state index in [1.807, 2.05) is 0 Å². The SMILES string of the molecule is O=C(CC1CCCO1)NCC(N1CCNCC1)C(F)(F)F. The van der Waals surface area contributed by atoms with Crippen molar-refractivity contribution in [3.63, 3.8) is 0 Å². The minimum absolute atomic E-state index is 0.145. The van der Waals surface area contributed by atoms with Crippen molar-refractivity contribution in [1.29, 1.82) is 0 Å². The fourth-order valence-corrected chi connectivity index (χ4v) is 2.74. The van der Waals surface area contributed by atoms with Crippen molar-refractivity contribution in [2.75, 3.05) is 39.3 Å². The molecule has 0 aromatic heterocycles. The van der Waals surface area contributed by atoms with Gasteiger partial charge in [-0.25, -0.2) is 0 Å². The van der Waals surface area contributed by atoms with Gasteiger partial charge in [0, 0.05) is 39.3 Å². The van der Waals surface area contributed by atoms with Gasteiger partial charge in [-0.15, -0.1) is 0 Å². The van der Waals surface area contributed by atoms with E-state index in [0.717, 1.165) is 12.8 Å². The van der Waals surface area contributed by atoms with E-state index in [-0.39, 0.29) is 18.4 Å². The number of nitrogens with zero attached hydrogens (tertiary/aromatic N) is 1. The molecule has 0 radical (unpaired) electrons. The Labute approximate surface area is 122 Å². The van der Waals surface area contributed by atoms with E-state index < -0.39 is 18.8 Å². The molecule has 2 aliphatic heterocycles. The number of nitrogens with one attached hydrogen (secondary N) is 2. The third kappa shape index (κ3) is 5.12. The molecule has 0 aliphatic carbocycles. The average molecular weight is 309 g/mol. The van der Waals surface area contributed by atoms with Gasteiger partial charge in [-0.1, -0.05) is 0 Å². The summed E-state index contributed by atoms with van der Waals surface area (Å²) in [6.45, 7) is 1.99. The lowest BCUT2D eigenvalue weighted by Gasteiger charge is -2.36. The fraction of sp³-hybridized carbons (Fsp3) is 0.923. The predicted octanol–water partition coefficient (Wildman–Crippen LogP) is 0.508. The van der Waals surface area contributed by atoms with Crippen LogP contribution in [0.4, 0.5) is 13.2 Å². The highest BCUT2D eigenvalue weighted by Crippen LogP contribution is 2.25. The van der Waals surface area contributed by atoms with Crippen molar-refractivity contribution in [2.24, 2.45) is 0 Å².